The third-order valence-electron chi connectivity index (χ3n) is 4.30. The first kappa shape index (κ1) is 23.6. The van der Waals surface area contributed by atoms with Crippen LogP contribution in [0.15, 0.2) is 24.5 Å². The van der Waals surface area contributed by atoms with Gasteiger partial charge in [0.1, 0.15) is 6.54 Å². The summed E-state index contributed by atoms with van der Waals surface area (Å²) < 4.78 is 2.34. The maximum absolute atomic E-state index is 8.89. The highest BCUT2D eigenvalue weighted by molar-refractivity contribution is 5.60. The Morgan fingerprint density at radius 3 is 1.76 bits per heavy atom. The number of rotatable bonds is 13. The topological polar surface area (TPSA) is 44.0 Å². The minimum absolute atomic E-state index is 0.972. The largest absolute Gasteiger partial charge is 0.550 e. The minimum Gasteiger partial charge on any atom is -0.550 e. The quantitative estimate of drug-likeness (QED) is 0.386. The van der Waals surface area contributed by atoms with Crippen molar-refractivity contribution in [3.8, 4) is 0 Å². The van der Waals surface area contributed by atoms with Crippen LogP contribution in [0, 0.1) is 0 Å². The summed E-state index contributed by atoms with van der Waals surface area (Å²) in [5.41, 5.74) is 1.49. The smallest absolute Gasteiger partial charge is 0.169 e. The van der Waals surface area contributed by atoms with Crippen LogP contribution >= 0.6 is 0 Å². The first-order valence-electron chi connectivity index (χ1n) is 10.3. The molecule has 3 heteroatoms. The van der Waals surface area contributed by atoms with Crippen LogP contribution in [0.2, 0.25) is 0 Å². The molecule has 1 heterocycles. The van der Waals surface area contributed by atoms with Gasteiger partial charge < -0.3 is 9.90 Å². The first-order valence-corrected chi connectivity index (χ1v) is 10.3. The second-order valence-electron chi connectivity index (χ2n) is 6.87. The predicted octanol–water partition coefficient (Wildman–Crippen LogP) is 4.60. The molecule has 0 amide bonds. The summed E-state index contributed by atoms with van der Waals surface area (Å²) in [6.07, 6.45) is 21.0. The number of hydrogen-bond donors (Lipinski definition) is 0. The number of unbranched alkanes of at least 4 members (excludes halogenated alkanes) is 9. The van der Waals surface area contributed by atoms with E-state index in [0.29, 0.717) is 0 Å². The molecule has 0 saturated carbocycles. The van der Waals surface area contributed by atoms with Crippen LogP contribution in [0.5, 0.6) is 0 Å². The Balaban J connectivity index is 0.00000129. The van der Waals surface area contributed by atoms with Crippen molar-refractivity contribution in [2.24, 2.45) is 0 Å². The fourth-order valence-corrected chi connectivity index (χ4v) is 2.79. The number of aryl methyl sites for hydroxylation is 2. The van der Waals surface area contributed by atoms with E-state index in [4.69, 9.17) is 9.90 Å². The van der Waals surface area contributed by atoms with E-state index in [2.05, 4.69) is 42.9 Å². The van der Waals surface area contributed by atoms with Gasteiger partial charge in [-0.05, 0) is 31.7 Å². The summed E-state index contributed by atoms with van der Waals surface area (Å²) in [5, 5.41) is 8.89. The van der Waals surface area contributed by atoms with E-state index in [9.17, 15) is 0 Å². The zero-order chi connectivity index (χ0) is 18.8. The van der Waals surface area contributed by atoms with Crippen molar-refractivity contribution in [2.45, 2.75) is 104 Å². The number of aliphatic carboxylic acids is 1. The van der Waals surface area contributed by atoms with Crippen molar-refractivity contribution in [1.29, 1.82) is 0 Å². The van der Waals surface area contributed by atoms with E-state index >= 15 is 0 Å². The van der Waals surface area contributed by atoms with E-state index in [-0.39, 0.29) is 0 Å². The molecule has 0 aliphatic carbocycles. The Kier molecular flexibility index (Phi) is 16.5. The Morgan fingerprint density at radius 2 is 1.28 bits per heavy atom. The normalized spacial score (nSPS) is 10.2. The highest BCUT2D eigenvalue weighted by Gasteiger charge is 2.01. The van der Waals surface area contributed by atoms with Gasteiger partial charge >= 0.3 is 0 Å². The van der Waals surface area contributed by atoms with Crippen LogP contribution in [0.4, 0.5) is 0 Å². The minimum atomic E-state index is -1.08. The van der Waals surface area contributed by atoms with Gasteiger partial charge in [-0.1, -0.05) is 65.2 Å². The molecule has 25 heavy (non-hydrogen) atoms. The lowest BCUT2D eigenvalue weighted by Crippen LogP contribution is -2.32. The average molecular weight is 350 g/mol. The van der Waals surface area contributed by atoms with Crippen molar-refractivity contribution in [3.05, 3.63) is 30.1 Å². The molecule has 0 bridgehead atoms. The van der Waals surface area contributed by atoms with Gasteiger partial charge in [0, 0.05) is 24.5 Å². The molecule has 3 nitrogen and oxygen atoms in total. The van der Waals surface area contributed by atoms with Crippen LogP contribution < -0.4 is 9.67 Å². The lowest BCUT2D eigenvalue weighted by atomic mass is 10.1. The van der Waals surface area contributed by atoms with Gasteiger partial charge in [-0.15, -0.1) is 0 Å². The van der Waals surface area contributed by atoms with Gasteiger partial charge in [-0.3, -0.25) is 0 Å². The number of carboxylic acid groups (broad SMARTS) is 1. The molecular formula is C22H39NO2. The number of hydrogen-bond acceptors (Lipinski definition) is 2. The zero-order valence-corrected chi connectivity index (χ0v) is 16.8. The Morgan fingerprint density at radius 1 is 0.840 bits per heavy atom. The van der Waals surface area contributed by atoms with E-state index in [0.717, 1.165) is 6.92 Å². The summed E-state index contributed by atoms with van der Waals surface area (Å²) in [6, 6.07) is 4.59. The number of carbonyl (C=O) groups excluding carboxylic acids is 1. The number of aromatic nitrogens is 1. The summed E-state index contributed by atoms with van der Waals surface area (Å²) in [5.74, 6) is -1.08. The third-order valence-corrected chi connectivity index (χ3v) is 4.30. The van der Waals surface area contributed by atoms with Crippen LogP contribution in [-0.2, 0) is 17.8 Å². The second-order valence-corrected chi connectivity index (χ2v) is 6.87. The zero-order valence-electron chi connectivity index (χ0n) is 16.8. The molecule has 0 radical (unpaired) electrons. The fourth-order valence-electron chi connectivity index (χ4n) is 2.79. The summed E-state index contributed by atoms with van der Waals surface area (Å²) in [4.78, 5) is 8.89. The first-order chi connectivity index (χ1) is 12.1. The molecule has 1 aromatic rings. The lowest BCUT2D eigenvalue weighted by Gasteiger charge is -2.02. The molecule has 0 fully saturated rings. The molecule has 0 aliphatic heterocycles. The van der Waals surface area contributed by atoms with Crippen LogP contribution in [0.3, 0.4) is 0 Å². The molecule has 0 atom stereocenters. The van der Waals surface area contributed by atoms with E-state index in [1.165, 1.54) is 89.2 Å². The molecule has 0 aromatic carbocycles. The molecule has 0 N–H and O–H groups in total. The van der Waals surface area contributed by atoms with Crippen molar-refractivity contribution in [3.63, 3.8) is 0 Å². The molecule has 0 saturated heterocycles. The Bertz CT molecular complexity index is 411. The van der Waals surface area contributed by atoms with Crippen LogP contribution in [-0.4, -0.2) is 5.97 Å². The van der Waals surface area contributed by atoms with E-state index < -0.39 is 5.97 Å². The van der Waals surface area contributed by atoms with E-state index in [1.807, 2.05) is 0 Å². The lowest BCUT2D eigenvalue weighted by molar-refractivity contribution is -0.697. The predicted molar refractivity (Wildman–Crippen MR) is 103 cm³/mol. The monoisotopic (exact) mass is 349 g/mol. The number of carboxylic acids is 1. The van der Waals surface area contributed by atoms with Crippen molar-refractivity contribution in [2.75, 3.05) is 0 Å². The molecule has 0 spiro atoms. The standard InChI is InChI=1S/C20H36N.C2H4O2/c1-3-5-7-8-9-10-11-12-13-17-21-18-15-20(16-19-21)14-6-4-2;1-2(3)4/h15-16,18-19H,3-14,17H2,1-2H3;1H3,(H,3,4)/q+1;/p-1. The van der Waals surface area contributed by atoms with Crippen LogP contribution in [0.1, 0.15) is 97.0 Å². The molecule has 0 unspecified atom stereocenters. The van der Waals surface area contributed by atoms with Gasteiger partial charge in [-0.2, -0.15) is 0 Å². The molecular weight excluding hydrogens is 310 g/mol. The number of nitrogens with zero attached hydrogens (tertiary/aromatic N) is 1. The fraction of sp³-hybridized carbons (Fsp3) is 0.727. The van der Waals surface area contributed by atoms with Gasteiger partial charge in [0.05, 0.1) is 0 Å². The van der Waals surface area contributed by atoms with Gasteiger partial charge in [0.15, 0.2) is 12.4 Å². The summed E-state index contributed by atoms with van der Waals surface area (Å²) >= 11 is 0. The number of carbonyl (C=O) groups is 1. The van der Waals surface area contributed by atoms with Crippen molar-refractivity contribution in [1.82, 2.24) is 0 Å². The van der Waals surface area contributed by atoms with Gasteiger partial charge in [-0.25, -0.2) is 4.57 Å². The van der Waals surface area contributed by atoms with Gasteiger partial charge in [0.2, 0.25) is 0 Å². The van der Waals surface area contributed by atoms with Gasteiger partial charge in [0.25, 0.3) is 0 Å². The van der Waals surface area contributed by atoms with Crippen molar-refractivity contribution >= 4 is 5.97 Å². The Labute approximate surface area is 155 Å². The van der Waals surface area contributed by atoms with Crippen LogP contribution in [0.25, 0.3) is 0 Å². The molecule has 1 aromatic heterocycles. The summed E-state index contributed by atoms with van der Waals surface area (Å²) in [7, 11) is 0. The summed E-state index contributed by atoms with van der Waals surface area (Å²) in [6.45, 7) is 6.70. The highest BCUT2D eigenvalue weighted by Crippen LogP contribution is 2.09. The highest BCUT2D eigenvalue weighted by atomic mass is 16.4. The van der Waals surface area contributed by atoms with Crippen molar-refractivity contribution < 1.29 is 14.5 Å². The average Bonchev–Trinajstić information content (AvgIpc) is 2.59. The molecule has 1 rings (SSSR count). The Hall–Kier alpha value is -1.38. The third kappa shape index (κ3) is 17.2. The number of pyridine rings is 1. The maximum atomic E-state index is 8.89. The SMILES string of the molecule is CC(=O)[O-].CCCCCCCCCCC[n+]1ccc(CCCC)cc1. The molecule has 0 aliphatic rings. The molecule has 144 valence electrons. The van der Waals surface area contributed by atoms with E-state index in [1.54, 1.807) is 0 Å². The second kappa shape index (κ2) is 17.4. The maximum Gasteiger partial charge on any atom is 0.169 e.